The van der Waals surface area contributed by atoms with Crippen LogP contribution in [0.2, 0.25) is 0 Å². The monoisotopic (exact) mass is 329 g/mol. The molecule has 6 heteroatoms. The van der Waals surface area contributed by atoms with Crippen molar-refractivity contribution in [1.29, 1.82) is 0 Å². The minimum Gasteiger partial charge on any atom is -0.507 e. The average molecular weight is 329 g/mol. The maximum Gasteiger partial charge on any atom is 0.189 e. The van der Waals surface area contributed by atoms with Gasteiger partial charge in [-0.05, 0) is 36.0 Å². The SMILES string of the molecule is COc1ccc(O)c(/C=N/N(C)C(=S)NCc2ccccc2)c1. The smallest absolute Gasteiger partial charge is 0.189 e. The molecule has 23 heavy (non-hydrogen) atoms. The zero-order chi connectivity index (χ0) is 16.7. The van der Waals surface area contributed by atoms with Gasteiger partial charge in [0.05, 0.1) is 13.3 Å². The lowest BCUT2D eigenvalue weighted by molar-refractivity contribution is 0.412. The predicted octanol–water partition coefficient (Wildman–Crippen LogP) is 2.74. The molecule has 2 N–H and O–H groups in total. The maximum absolute atomic E-state index is 9.82. The van der Waals surface area contributed by atoms with E-state index in [1.54, 1.807) is 32.4 Å². The van der Waals surface area contributed by atoms with Gasteiger partial charge >= 0.3 is 0 Å². The zero-order valence-corrected chi connectivity index (χ0v) is 13.9. The van der Waals surface area contributed by atoms with E-state index in [0.29, 0.717) is 23.0 Å². The molecule has 0 unspecified atom stereocenters. The van der Waals surface area contributed by atoms with Crippen molar-refractivity contribution in [1.82, 2.24) is 10.3 Å². The van der Waals surface area contributed by atoms with Gasteiger partial charge < -0.3 is 15.2 Å². The highest BCUT2D eigenvalue weighted by atomic mass is 32.1. The summed E-state index contributed by atoms with van der Waals surface area (Å²) in [7, 11) is 3.32. The number of hydrogen-bond donors (Lipinski definition) is 2. The molecule has 5 nitrogen and oxygen atoms in total. The largest absolute Gasteiger partial charge is 0.507 e. The van der Waals surface area contributed by atoms with Crippen LogP contribution in [0.3, 0.4) is 0 Å². The average Bonchev–Trinajstić information content (AvgIpc) is 2.59. The predicted molar refractivity (Wildman–Crippen MR) is 95.9 cm³/mol. The maximum atomic E-state index is 9.82. The van der Waals surface area contributed by atoms with Crippen molar-refractivity contribution < 1.29 is 9.84 Å². The van der Waals surface area contributed by atoms with Gasteiger partial charge in [-0.3, -0.25) is 0 Å². The van der Waals surface area contributed by atoms with E-state index in [2.05, 4.69) is 10.4 Å². The quantitative estimate of drug-likeness (QED) is 0.502. The Bertz CT molecular complexity index is 689. The van der Waals surface area contributed by atoms with Gasteiger partial charge in [-0.1, -0.05) is 30.3 Å². The molecule has 0 aliphatic heterocycles. The second-order valence-electron chi connectivity index (χ2n) is 4.84. The summed E-state index contributed by atoms with van der Waals surface area (Å²) in [4.78, 5) is 0. The Morgan fingerprint density at radius 1 is 1.30 bits per heavy atom. The third-order valence-corrected chi connectivity index (χ3v) is 3.59. The fourth-order valence-corrected chi connectivity index (χ4v) is 1.97. The number of nitrogens with one attached hydrogen (secondary N) is 1. The standard InChI is InChI=1S/C17H19N3O2S/c1-20(17(23)18-11-13-6-4-3-5-7-13)19-12-14-10-15(22-2)8-9-16(14)21/h3-10,12,21H,11H2,1-2H3,(H,18,23)/b19-12+. The summed E-state index contributed by atoms with van der Waals surface area (Å²) in [5, 5.41) is 19.2. The van der Waals surface area contributed by atoms with Crippen molar-refractivity contribution >= 4 is 23.5 Å². The fourth-order valence-electron chi connectivity index (χ4n) is 1.85. The summed E-state index contributed by atoms with van der Waals surface area (Å²) >= 11 is 5.29. The van der Waals surface area contributed by atoms with E-state index in [9.17, 15) is 5.11 Å². The van der Waals surface area contributed by atoms with Crippen LogP contribution < -0.4 is 10.1 Å². The van der Waals surface area contributed by atoms with Gasteiger partial charge in [-0.2, -0.15) is 5.10 Å². The van der Waals surface area contributed by atoms with E-state index in [-0.39, 0.29) is 5.75 Å². The third-order valence-electron chi connectivity index (χ3n) is 3.19. The van der Waals surface area contributed by atoms with Crippen molar-refractivity contribution in [2.24, 2.45) is 5.10 Å². The van der Waals surface area contributed by atoms with Gasteiger partial charge in [-0.15, -0.1) is 0 Å². The first-order valence-electron chi connectivity index (χ1n) is 7.06. The van der Waals surface area contributed by atoms with Crippen molar-refractivity contribution in [2.45, 2.75) is 6.54 Å². The number of benzene rings is 2. The second kappa shape index (κ2) is 8.14. The summed E-state index contributed by atoms with van der Waals surface area (Å²) in [6.45, 7) is 0.629. The number of aromatic hydroxyl groups is 1. The first kappa shape index (κ1) is 16.8. The molecular weight excluding hydrogens is 310 g/mol. The molecule has 0 aliphatic rings. The highest BCUT2D eigenvalue weighted by molar-refractivity contribution is 7.80. The molecule has 0 atom stereocenters. The van der Waals surface area contributed by atoms with Gasteiger partial charge in [0.1, 0.15) is 11.5 Å². The molecule has 0 amide bonds. The van der Waals surface area contributed by atoms with Crippen molar-refractivity contribution in [3.63, 3.8) is 0 Å². The molecule has 0 radical (unpaired) electrons. The summed E-state index contributed by atoms with van der Waals surface area (Å²) in [6.07, 6.45) is 1.54. The van der Waals surface area contributed by atoms with Crippen LogP contribution in [0.15, 0.2) is 53.6 Å². The molecule has 0 fully saturated rings. The van der Waals surface area contributed by atoms with Gasteiger partial charge in [0.25, 0.3) is 0 Å². The Balaban J connectivity index is 1.95. The van der Waals surface area contributed by atoms with Crippen LogP contribution in [0.1, 0.15) is 11.1 Å². The summed E-state index contributed by atoms with van der Waals surface area (Å²) in [5.41, 5.74) is 1.69. The molecule has 120 valence electrons. The Labute approximate surface area is 141 Å². The van der Waals surface area contributed by atoms with Crippen LogP contribution in [0.5, 0.6) is 11.5 Å². The lowest BCUT2D eigenvalue weighted by Crippen LogP contribution is -2.33. The van der Waals surface area contributed by atoms with Crippen LogP contribution in [0.25, 0.3) is 0 Å². The Kier molecular flexibility index (Phi) is 5.94. The molecule has 0 aliphatic carbocycles. The van der Waals surface area contributed by atoms with Crippen LogP contribution in [-0.4, -0.2) is 35.6 Å². The number of methoxy groups -OCH3 is 1. The Morgan fingerprint density at radius 2 is 2.04 bits per heavy atom. The number of thiocarbonyl (C=S) groups is 1. The zero-order valence-electron chi connectivity index (χ0n) is 13.1. The first-order chi connectivity index (χ1) is 11.1. The molecule has 0 saturated heterocycles. The molecule has 2 aromatic carbocycles. The van der Waals surface area contributed by atoms with Gasteiger partial charge in [0, 0.05) is 19.2 Å². The van der Waals surface area contributed by atoms with E-state index in [4.69, 9.17) is 17.0 Å². The Hall–Kier alpha value is -2.60. The topological polar surface area (TPSA) is 57.1 Å². The minimum absolute atomic E-state index is 0.131. The first-order valence-corrected chi connectivity index (χ1v) is 7.47. The molecule has 0 heterocycles. The number of phenolic OH excluding ortho intramolecular Hbond substituents is 1. The number of hydrogen-bond acceptors (Lipinski definition) is 4. The molecule has 2 aromatic rings. The molecule has 0 spiro atoms. The molecular formula is C17H19N3O2S. The van der Waals surface area contributed by atoms with Crippen LogP contribution in [0.4, 0.5) is 0 Å². The van der Waals surface area contributed by atoms with Crippen LogP contribution >= 0.6 is 12.2 Å². The Morgan fingerprint density at radius 3 is 2.74 bits per heavy atom. The van der Waals surface area contributed by atoms with Gasteiger partial charge in [-0.25, -0.2) is 5.01 Å². The lowest BCUT2D eigenvalue weighted by Gasteiger charge is -2.15. The van der Waals surface area contributed by atoms with Gasteiger partial charge in [0.2, 0.25) is 0 Å². The van der Waals surface area contributed by atoms with E-state index >= 15 is 0 Å². The molecule has 0 saturated carbocycles. The number of ether oxygens (including phenoxy) is 1. The van der Waals surface area contributed by atoms with Crippen molar-refractivity contribution in [3.8, 4) is 11.5 Å². The minimum atomic E-state index is 0.131. The number of rotatable bonds is 5. The lowest BCUT2D eigenvalue weighted by atomic mass is 10.2. The highest BCUT2D eigenvalue weighted by Gasteiger charge is 2.04. The number of hydrazone groups is 1. The van der Waals surface area contributed by atoms with E-state index in [0.717, 1.165) is 5.56 Å². The second-order valence-corrected chi connectivity index (χ2v) is 5.22. The normalized spacial score (nSPS) is 10.5. The van der Waals surface area contributed by atoms with Crippen LogP contribution in [-0.2, 0) is 6.54 Å². The van der Waals surface area contributed by atoms with Crippen LogP contribution in [0, 0.1) is 0 Å². The third kappa shape index (κ3) is 4.96. The van der Waals surface area contributed by atoms with Crippen molar-refractivity contribution in [2.75, 3.05) is 14.2 Å². The van der Waals surface area contributed by atoms with Gasteiger partial charge in [0.15, 0.2) is 5.11 Å². The number of phenols is 1. The molecule has 0 aromatic heterocycles. The molecule has 0 bridgehead atoms. The highest BCUT2D eigenvalue weighted by Crippen LogP contribution is 2.21. The summed E-state index contributed by atoms with van der Waals surface area (Å²) in [6, 6.07) is 14.9. The van der Waals surface area contributed by atoms with Crippen molar-refractivity contribution in [3.05, 3.63) is 59.7 Å². The summed E-state index contributed by atoms with van der Waals surface area (Å²) in [5.74, 6) is 0.780. The van der Waals surface area contributed by atoms with E-state index < -0.39 is 0 Å². The summed E-state index contributed by atoms with van der Waals surface area (Å²) < 4.78 is 5.13. The molecule has 2 rings (SSSR count). The van der Waals surface area contributed by atoms with E-state index in [1.807, 2.05) is 30.3 Å². The van der Waals surface area contributed by atoms with E-state index in [1.165, 1.54) is 11.2 Å². The number of nitrogens with zero attached hydrogens (tertiary/aromatic N) is 2. The fraction of sp³-hybridized carbons (Fsp3) is 0.176.